The van der Waals surface area contributed by atoms with Gasteiger partial charge in [0.1, 0.15) is 0 Å². The van der Waals surface area contributed by atoms with Gasteiger partial charge in [-0.1, -0.05) is 322 Å². The fourth-order valence-electron chi connectivity index (χ4n) is 15.1. The summed E-state index contributed by atoms with van der Waals surface area (Å²) in [4.78, 5) is 4.93. The maximum absolute atomic E-state index is 2.48. The van der Waals surface area contributed by atoms with Crippen LogP contribution in [0.4, 0.5) is 34.1 Å². The third-order valence-corrected chi connectivity index (χ3v) is 19.8. The van der Waals surface area contributed by atoms with Crippen LogP contribution in [0.5, 0.6) is 0 Å². The van der Waals surface area contributed by atoms with E-state index >= 15 is 0 Å². The highest BCUT2D eigenvalue weighted by Gasteiger charge is 2.24. The van der Waals surface area contributed by atoms with Gasteiger partial charge in [0.25, 0.3) is 0 Å². The van der Waals surface area contributed by atoms with Crippen molar-refractivity contribution in [2.45, 2.75) is 0 Å². The number of fused-ring (bicyclic) bond motifs is 10. The molecular formula is C96H64N2. The van der Waals surface area contributed by atoms with Gasteiger partial charge in [0.2, 0.25) is 0 Å². The molecule has 0 amide bonds. The topological polar surface area (TPSA) is 6.48 Å². The van der Waals surface area contributed by atoms with Gasteiger partial charge in [-0.25, -0.2) is 0 Å². The molecule has 0 spiro atoms. The molecule has 0 saturated heterocycles. The molecule has 0 atom stereocenters. The first-order valence-corrected chi connectivity index (χ1v) is 33.8. The van der Waals surface area contributed by atoms with Crippen LogP contribution in [0.15, 0.2) is 388 Å². The maximum atomic E-state index is 2.48. The fraction of sp³-hybridized carbons (Fsp3) is 0. The fourth-order valence-corrected chi connectivity index (χ4v) is 15.1. The lowest BCUT2D eigenvalue weighted by Crippen LogP contribution is -2.12. The van der Waals surface area contributed by atoms with Gasteiger partial charge in [-0.05, 0) is 193 Å². The third kappa shape index (κ3) is 10.5. The van der Waals surface area contributed by atoms with E-state index in [2.05, 4.69) is 398 Å². The molecule has 18 aromatic rings. The Balaban J connectivity index is 0.699. The summed E-state index contributed by atoms with van der Waals surface area (Å²) in [6, 6.07) is 143. The second-order valence-electron chi connectivity index (χ2n) is 25.5. The van der Waals surface area contributed by atoms with E-state index in [0.29, 0.717) is 0 Å². The third-order valence-electron chi connectivity index (χ3n) is 19.8. The van der Waals surface area contributed by atoms with Gasteiger partial charge in [-0.2, -0.15) is 0 Å². The van der Waals surface area contributed by atoms with Crippen molar-refractivity contribution >= 4 is 98.8 Å². The molecule has 2 nitrogen and oxygen atoms in total. The Morgan fingerprint density at radius 1 is 0.143 bits per heavy atom. The molecule has 2 heteroatoms. The normalized spacial score (nSPS) is 11.5. The van der Waals surface area contributed by atoms with E-state index in [-0.39, 0.29) is 0 Å². The Bertz CT molecular complexity index is 5990. The standard InChI is InChI=1S/C96H64N2/c1-4-21-65(22-5-1)67-41-43-68(44-42-67)71-53-58-82(59-54-71)98(91-39-17-16-34-84(91)73-25-8-3-9-26-73)92-40-20-29-75-49-50-80-63-90(87-37-14-15-38-88(87)94(80)95(75)92)78-32-18-30-76(61-78)72-47-45-69(46-48-72)70-51-56-81(57-52-70)97(83-33-19-31-77(62-83)66-23-6-2-7-24-66)93-64-79-28-11-13-36-86(79)96-85-35-12-10-27-74(85)55-60-89(93)96/h1-64H. The van der Waals surface area contributed by atoms with Crippen LogP contribution in [0.1, 0.15) is 0 Å². The molecule has 0 unspecified atom stereocenters. The zero-order valence-electron chi connectivity index (χ0n) is 53.8. The number of benzene rings is 18. The summed E-state index contributed by atoms with van der Waals surface area (Å²) < 4.78 is 0. The number of anilines is 6. The van der Waals surface area contributed by atoms with Crippen LogP contribution in [0.2, 0.25) is 0 Å². The second-order valence-corrected chi connectivity index (χ2v) is 25.5. The molecule has 0 aromatic heterocycles. The minimum Gasteiger partial charge on any atom is -0.310 e. The largest absolute Gasteiger partial charge is 0.310 e. The highest BCUT2D eigenvalue weighted by Crippen LogP contribution is 2.50. The van der Waals surface area contributed by atoms with Gasteiger partial charge in [0.15, 0.2) is 0 Å². The first-order valence-electron chi connectivity index (χ1n) is 33.8. The molecule has 0 heterocycles. The summed E-state index contributed by atoms with van der Waals surface area (Å²) >= 11 is 0. The predicted octanol–water partition coefficient (Wildman–Crippen LogP) is 27.2. The Morgan fingerprint density at radius 3 is 1.21 bits per heavy atom. The van der Waals surface area contributed by atoms with E-state index < -0.39 is 0 Å². The molecule has 0 aliphatic rings. The SMILES string of the molecule is c1ccc(-c2ccc(-c3ccc(N(c4ccccc4-c4ccccc4)c4cccc5ccc6cc(-c7cccc(-c8ccc(-c9ccc(N(c%10cccc(-c%11ccccc%11)c%10)c%10cc%11ccccc%11c%11c%10ccc%10ccccc%10%11)cc9)cc8)c7)c7ccccc7c6c45)cc3)cc2)cc1. The molecule has 18 rings (SSSR count). The Morgan fingerprint density at radius 2 is 0.561 bits per heavy atom. The van der Waals surface area contributed by atoms with Crippen molar-refractivity contribution in [3.63, 3.8) is 0 Å². The Kier molecular flexibility index (Phi) is 14.6. The lowest BCUT2D eigenvalue weighted by Gasteiger charge is -2.30. The zero-order chi connectivity index (χ0) is 64.9. The smallest absolute Gasteiger partial charge is 0.0546 e. The van der Waals surface area contributed by atoms with Crippen molar-refractivity contribution in [1.29, 1.82) is 0 Å². The molecule has 0 saturated carbocycles. The van der Waals surface area contributed by atoms with Crippen molar-refractivity contribution in [2.75, 3.05) is 9.80 Å². The summed E-state index contributed by atoms with van der Waals surface area (Å²) in [5.74, 6) is 0. The minimum absolute atomic E-state index is 1.08. The number of hydrogen-bond acceptors (Lipinski definition) is 2. The molecule has 0 N–H and O–H groups in total. The quantitative estimate of drug-likeness (QED) is 0.106. The summed E-state index contributed by atoms with van der Waals surface area (Å²) in [5.41, 5.74) is 23.1. The van der Waals surface area contributed by atoms with E-state index in [0.717, 1.165) is 61.9 Å². The van der Waals surface area contributed by atoms with Gasteiger partial charge >= 0.3 is 0 Å². The van der Waals surface area contributed by atoms with Crippen LogP contribution < -0.4 is 9.80 Å². The molecule has 0 radical (unpaired) electrons. The molecule has 0 bridgehead atoms. The highest BCUT2D eigenvalue weighted by atomic mass is 15.2. The molecule has 98 heavy (non-hydrogen) atoms. The van der Waals surface area contributed by atoms with Crippen LogP contribution in [-0.4, -0.2) is 0 Å². The van der Waals surface area contributed by atoms with Gasteiger partial charge in [0.05, 0.1) is 17.1 Å². The number of nitrogens with zero attached hydrogens (tertiary/aromatic N) is 2. The molecule has 458 valence electrons. The highest BCUT2D eigenvalue weighted by molar-refractivity contribution is 6.27. The van der Waals surface area contributed by atoms with Gasteiger partial charge in [-0.15, -0.1) is 0 Å². The minimum atomic E-state index is 1.08. The summed E-state index contributed by atoms with van der Waals surface area (Å²) in [7, 11) is 0. The van der Waals surface area contributed by atoms with E-state index in [1.54, 1.807) is 0 Å². The van der Waals surface area contributed by atoms with E-state index in [1.165, 1.54) is 115 Å². The van der Waals surface area contributed by atoms with Crippen LogP contribution in [0, 0.1) is 0 Å². The monoisotopic (exact) mass is 1240 g/mol. The molecule has 0 aliphatic heterocycles. The van der Waals surface area contributed by atoms with E-state index in [4.69, 9.17) is 0 Å². The number of rotatable bonds is 13. The van der Waals surface area contributed by atoms with Crippen LogP contribution in [0.3, 0.4) is 0 Å². The zero-order valence-corrected chi connectivity index (χ0v) is 53.8. The lowest BCUT2D eigenvalue weighted by atomic mass is 9.89. The summed E-state index contributed by atoms with van der Waals surface area (Å²) in [6.45, 7) is 0. The van der Waals surface area contributed by atoms with Crippen molar-refractivity contribution in [1.82, 2.24) is 0 Å². The molecule has 18 aromatic carbocycles. The summed E-state index contributed by atoms with van der Waals surface area (Å²) in [6.07, 6.45) is 0. The predicted molar refractivity (Wildman–Crippen MR) is 419 cm³/mol. The molecular weight excluding hydrogens is 1180 g/mol. The second kappa shape index (κ2) is 24.8. The summed E-state index contributed by atoms with van der Waals surface area (Å²) in [5, 5.41) is 14.6. The number of para-hydroxylation sites is 1. The average Bonchev–Trinajstić information content (AvgIpc) is 0.735. The van der Waals surface area contributed by atoms with Gasteiger partial charge in [0, 0.05) is 33.4 Å². The van der Waals surface area contributed by atoms with Crippen molar-refractivity contribution in [3.8, 4) is 77.9 Å². The van der Waals surface area contributed by atoms with Crippen LogP contribution in [0.25, 0.3) is 143 Å². The van der Waals surface area contributed by atoms with E-state index in [9.17, 15) is 0 Å². The van der Waals surface area contributed by atoms with Gasteiger partial charge < -0.3 is 9.80 Å². The van der Waals surface area contributed by atoms with Crippen molar-refractivity contribution in [3.05, 3.63) is 388 Å². The Labute approximate surface area is 571 Å². The molecule has 0 fully saturated rings. The lowest BCUT2D eigenvalue weighted by molar-refractivity contribution is 1.30. The Hall–Kier alpha value is -12.9. The van der Waals surface area contributed by atoms with E-state index in [1.807, 2.05) is 0 Å². The van der Waals surface area contributed by atoms with Crippen molar-refractivity contribution < 1.29 is 0 Å². The average molecular weight is 1250 g/mol. The van der Waals surface area contributed by atoms with Crippen LogP contribution in [-0.2, 0) is 0 Å². The first kappa shape index (κ1) is 57.8. The first-order chi connectivity index (χ1) is 48.6. The van der Waals surface area contributed by atoms with Crippen molar-refractivity contribution in [2.24, 2.45) is 0 Å². The number of hydrogen-bond donors (Lipinski definition) is 0. The molecule has 0 aliphatic carbocycles. The maximum Gasteiger partial charge on any atom is 0.0546 e. The van der Waals surface area contributed by atoms with Gasteiger partial charge in [-0.3, -0.25) is 0 Å². The van der Waals surface area contributed by atoms with Crippen LogP contribution >= 0.6 is 0 Å².